The first kappa shape index (κ1) is 10.4. The maximum absolute atomic E-state index is 10.8. The predicted molar refractivity (Wildman–Crippen MR) is 42.1 cm³/mol. The van der Waals surface area contributed by atoms with E-state index in [9.17, 15) is 4.79 Å². The third-order valence-electron chi connectivity index (χ3n) is 1.32. The van der Waals surface area contributed by atoms with Crippen molar-refractivity contribution in [3.63, 3.8) is 0 Å². The second-order valence-corrected chi connectivity index (χ2v) is 2.38. The van der Waals surface area contributed by atoms with Crippen LogP contribution in [-0.2, 0) is 14.3 Å². The van der Waals surface area contributed by atoms with Gasteiger partial charge in [-0.3, -0.25) is 4.79 Å². The topological polar surface area (TPSA) is 35.5 Å². The Hall–Kier alpha value is -0.570. The third-order valence-corrected chi connectivity index (χ3v) is 1.32. The van der Waals surface area contributed by atoms with Gasteiger partial charge in [-0.15, -0.1) is 0 Å². The van der Waals surface area contributed by atoms with E-state index in [0.717, 1.165) is 19.3 Å². The third kappa shape index (κ3) is 7.33. The molecule has 0 spiro atoms. The van der Waals surface area contributed by atoms with Crippen molar-refractivity contribution in [1.82, 2.24) is 0 Å². The van der Waals surface area contributed by atoms with Crippen LogP contribution < -0.4 is 0 Å². The highest BCUT2D eigenvalue weighted by Crippen LogP contribution is 1.99. The fourth-order valence-electron chi connectivity index (χ4n) is 0.716. The van der Waals surface area contributed by atoms with Crippen LogP contribution in [0.5, 0.6) is 0 Å². The predicted octanol–water partition coefficient (Wildman–Crippen LogP) is 1.71. The zero-order chi connectivity index (χ0) is 8.53. The molecule has 0 bridgehead atoms. The number of carbonyl (C=O) groups is 1. The van der Waals surface area contributed by atoms with Gasteiger partial charge in [0.05, 0.1) is 0 Å². The molecule has 0 radical (unpaired) electrons. The van der Waals surface area contributed by atoms with Crippen LogP contribution in [0.1, 0.15) is 32.6 Å². The van der Waals surface area contributed by atoms with Gasteiger partial charge in [0.1, 0.15) is 0 Å². The molecule has 0 aromatic heterocycles. The Kier molecular flexibility index (Phi) is 7.15. The zero-order valence-corrected chi connectivity index (χ0v) is 7.26. The van der Waals surface area contributed by atoms with Crippen LogP contribution in [0, 0.1) is 0 Å². The number of rotatable bonds is 6. The molecule has 0 N–H and O–H groups in total. The van der Waals surface area contributed by atoms with E-state index in [1.165, 1.54) is 7.11 Å². The van der Waals surface area contributed by atoms with Crippen molar-refractivity contribution < 1.29 is 14.3 Å². The number of ether oxygens (including phenoxy) is 2. The second-order valence-electron chi connectivity index (χ2n) is 2.38. The van der Waals surface area contributed by atoms with Crippen LogP contribution in [-0.4, -0.2) is 19.9 Å². The molecule has 0 saturated heterocycles. The van der Waals surface area contributed by atoms with Gasteiger partial charge in [-0.1, -0.05) is 19.8 Å². The Morgan fingerprint density at radius 3 is 2.64 bits per heavy atom. The molecule has 0 amide bonds. The van der Waals surface area contributed by atoms with Crippen LogP contribution in [0.4, 0.5) is 0 Å². The Balaban J connectivity index is 3.09. The molecule has 0 saturated carbocycles. The standard InChI is InChI=1S/C8H16O3/c1-3-4-5-6-8(9)11-7-10-2/h3-7H2,1-2H3. The van der Waals surface area contributed by atoms with E-state index in [1.54, 1.807) is 0 Å². The number of methoxy groups -OCH3 is 1. The summed E-state index contributed by atoms with van der Waals surface area (Å²) in [5.74, 6) is -0.166. The smallest absolute Gasteiger partial charge is 0.307 e. The first-order valence-corrected chi connectivity index (χ1v) is 3.95. The van der Waals surface area contributed by atoms with Gasteiger partial charge in [-0.25, -0.2) is 0 Å². The fraction of sp³-hybridized carbons (Fsp3) is 0.875. The lowest BCUT2D eigenvalue weighted by atomic mass is 10.2. The Morgan fingerprint density at radius 1 is 1.36 bits per heavy atom. The van der Waals surface area contributed by atoms with Crippen molar-refractivity contribution in [2.45, 2.75) is 32.6 Å². The Labute approximate surface area is 67.7 Å². The SMILES string of the molecule is CCCCCC(=O)OCOC. The van der Waals surface area contributed by atoms with Gasteiger partial charge < -0.3 is 9.47 Å². The maximum Gasteiger partial charge on any atom is 0.307 e. The molecule has 0 atom stereocenters. The molecule has 11 heavy (non-hydrogen) atoms. The van der Waals surface area contributed by atoms with Crippen molar-refractivity contribution in [2.75, 3.05) is 13.9 Å². The van der Waals surface area contributed by atoms with E-state index < -0.39 is 0 Å². The van der Waals surface area contributed by atoms with Gasteiger partial charge in [-0.05, 0) is 6.42 Å². The molecular formula is C8H16O3. The number of esters is 1. The molecule has 66 valence electrons. The Bertz CT molecular complexity index is 102. The van der Waals surface area contributed by atoms with E-state index >= 15 is 0 Å². The molecule has 3 nitrogen and oxygen atoms in total. The zero-order valence-electron chi connectivity index (χ0n) is 7.26. The van der Waals surface area contributed by atoms with E-state index in [4.69, 9.17) is 0 Å². The van der Waals surface area contributed by atoms with E-state index in [1.807, 2.05) is 0 Å². The normalized spacial score (nSPS) is 9.64. The lowest BCUT2D eigenvalue weighted by molar-refractivity contribution is -0.154. The van der Waals surface area contributed by atoms with E-state index in [2.05, 4.69) is 16.4 Å². The van der Waals surface area contributed by atoms with Gasteiger partial charge in [0.2, 0.25) is 0 Å². The van der Waals surface area contributed by atoms with Crippen molar-refractivity contribution in [2.24, 2.45) is 0 Å². The summed E-state index contributed by atoms with van der Waals surface area (Å²) in [5.41, 5.74) is 0. The van der Waals surface area contributed by atoms with Gasteiger partial charge in [0.15, 0.2) is 6.79 Å². The second kappa shape index (κ2) is 7.54. The van der Waals surface area contributed by atoms with Crippen molar-refractivity contribution in [3.8, 4) is 0 Å². The van der Waals surface area contributed by atoms with Crippen LogP contribution in [0.15, 0.2) is 0 Å². The quantitative estimate of drug-likeness (QED) is 0.337. The summed E-state index contributed by atoms with van der Waals surface area (Å²) in [6, 6.07) is 0. The van der Waals surface area contributed by atoms with Crippen molar-refractivity contribution in [1.29, 1.82) is 0 Å². The number of carbonyl (C=O) groups excluding carboxylic acids is 1. The molecule has 0 rings (SSSR count). The van der Waals surface area contributed by atoms with Crippen LogP contribution in [0.3, 0.4) is 0 Å². The number of unbranched alkanes of at least 4 members (excludes halogenated alkanes) is 2. The lowest BCUT2D eigenvalue weighted by Crippen LogP contribution is -2.06. The minimum atomic E-state index is -0.166. The fourth-order valence-corrected chi connectivity index (χ4v) is 0.716. The van der Waals surface area contributed by atoms with Gasteiger partial charge in [0.25, 0.3) is 0 Å². The molecule has 0 aliphatic rings. The van der Waals surface area contributed by atoms with Crippen LogP contribution in [0.25, 0.3) is 0 Å². The summed E-state index contributed by atoms with van der Waals surface area (Å²) >= 11 is 0. The number of hydrogen-bond donors (Lipinski definition) is 0. The van der Waals surface area contributed by atoms with E-state index in [0.29, 0.717) is 6.42 Å². The minimum absolute atomic E-state index is 0.0744. The number of hydrogen-bond acceptors (Lipinski definition) is 3. The summed E-state index contributed by atoms with van der Waals surface area (Å²) < 4.78 is 9.25. The molecule has 3 heteroatoms. The molecule has 0 aliphatic carbocycles. The largest absolute Gasteiger partial charge is 0.438 e. The van der Waals surface area contributed by atoms with Gasteiger partial charge in [-0.2, -0.15) is 0 Å². The van der Waals surface area contributed by atoms with Crippen LogP contribution in [0.2, 0.25) is 0 Å². The first-order chi connectivity index (χ1) is 5.31. The molecule has 0 heterocycles. The molecule has 0 aromatic carbocycles. The molecule has 0 unspecified atom stereocenters. The first-order valence-electron chi connectivity index (χ1n) is 3.95. The van der Waals surface area contributed by atoms with Crippen LogP contribution >= 0.6 is 0 Å². The van der Waals surface area contributed by atoms with Gasteiger partial charge >= 0.3 is 5.97 Å². The van der Waals surface area contributed by atoms with Crippen molar-refractivity contribution in [3.05, 3.63) is 0 Å². The lowest BCUT2D eigenvalue weighted by Gasteiger charge is -2.01. The highest BCUT2D eigenvalue weighted by Gasteiger charge is 1.99. The Morgan fingerprint density at radius 2 is 2.09 bits per heavy atom. The summed E-state index contributed by atoms with van der Waals surface area (Å²) in [5, 5.41) is 0. The summed E-state index contributed by atoms with van der Waals surface area (Å²) in [6.45, 7) is 2.17. The highest BCUT2D eigenvalue weighted by molar-refractivity contribution is 5.69. The summed E-state index contributed by atoms with van der Waals surface area (Å²) in [4.78, 5) is 10.8. The monoisotopic (exact) mass is 160 g/mol. The highest BCUT2D eigenvalue weighted by atomic mass is 16.7. The minimum Gasteiger partial charge on any atom is -0.438 e. The molecule has 0 aromatic rings. The molecular weight excluding hydrogens is 144 g/mol. The molecule has 0 fully saturated rings. The summed E-state index contributed by atoms with van der Waals surface area (Å²) in [6.07, 6.45) is 3.63. The van der Waals surface area contributed by atoms with Crippen molar-refractivity contribution >= 4 is 5.97 Å². The van der Waals surface area contributed by atoms with Gasteiger partial charge in [0, 0.05) is 13.5 Å². The summed E-state index contributed by atoms with van der Waals surface area (Å²) in [7, 11) is 1.50. The maximum atomic E-state index is 10.8. The average molecular weight is 160 g/mol. The van der Waals surface area contributed by atoms with E-state index in [-0.39, 0.29) is 12.8 Å². The average Bonchev–Trinajstić information content (AvgIpc) is 2.01. The molecule has 0 aliphatic heterocycles.